The Balaban J connectivity index is 1.71. The van der Waals surface area contributed by atoms with E-state index in [-0.39, 0.29) is 24.0 Å². The number of fused-ring (bicyclic) bond motifs is 5. The van der Waals surface area contributed by atoms with Gasteiger partial charge >= 0.3 is 11.9 Å². The van der Waals surface area contributed by atoms with Crippen LogP contribution in [-0.2, 0) is 19.1 Å². The molecule has 0 aliphatic heterocycles. The maximum absolute atomic E-state index is 12.5. The van der Waals surface area contributed by atoms with E-state index in [0.717, 1.165) is 29.6 Å². The van der Waals surface area contributed by atoms with Crippen molar-refractivity contribution in [2.45, 2.75) is 32.8 Å². The molecule has 0 heterocycles. The van der Waals surface area contributed by atoms with Gasteiger partial charge in [-0.1, -0.05) is 30.3 Å². The van der Waals surface area contributed by atoms with Crippen LogP contribution in [0.2, 0.25) is 0 Å². The molecule has 4 heteroatoms. The van der Waals surface area contributed by atoms with Crippen LogP contribution in [0.15, 0.2) is 35.9 Å². The Morgan fingerprint density at radius 3 is 2.54 bits per heavy atom. The molecular weight excluding hydrogens is 304 g/mol. The molecule has 0 radical (unpaired) electrons. The number of carbonyl (C=O) groups excluding carboxylic acids is 2. The van der Waals surface area contributed by atoms with Gasteiger partial charge in [-0.2, -0.15) is 0 Å². The summed E-state index contributed by atoms with van der Waals surface area (Å²) in [5.41, 5.74) is 3.07. The second kappa shape index (κ2) is 5.76. The van der Waals surface area contributed by atoms with Gasteiger partial charge in [-0.25, -0.2) is 4.79 Å². The molecule has 4 nitrogen and oxygen atoms in total. The quantitative estimate of drug-likeness (QED) is 0.797. The zero-order valence-corrected chi connectivity index (χ0v) is 14.0. The van der Waals surface area contributed by atoms with Crippen LogP contribution in [0.3, 0.4) is 0 Å². The summed E-state index contributed by atoms with van der Waals surface area (Å²) in [7, 11) is 0. The second-order valence-corrected chi connectivity index (χ2v) is 7.01. The number of benzene rings is 1. The SMILES string of the molecule is CCOC(=O)C1=C(c2ccccc2)[C@H]2[C@H]3C[C@H](C[C@@H]3OC(C)=O)[C@@H]12. The van der Waals surface area contributed by atoms with E-state index >= 15 is 0 Å². The van der Waals surface area contributed by atoms with E-state index in [1.165, 1.54) is 6.92 Å². The van der Waals surface area contributed by atoms with Crippen LogP contribution in [0.1, 0.15) is 32.3 Å². The highest BCUT2D eigenvalue weighted by Gasteiger charge is 2.63. The Morgan fingerprint density at radius 1 is 1.12 bits per heavy atom. The highest BCUT2D eigenvalue weighted by Crippen LogP contribution is 2.66. The van der Waals surface area contributed by atoms with Crippen LogP contribution in [0.25, 0.3) is 5.57 Å². The molecule has 126 valence electrons. The van der Waals surface area contributed by atoms with Crippen molar-refractivity contribution in [2.24, 2.45) is 23.7 Å². The maximum Gasteiger partial charge on any atom is 0.334 e. The number of esters is 2. The van der Waals surface area contributed by atoms with Gasteiger partial charge in [-0.3, -0.25) is 4.79 Å². The predicted octanol–water partition coefficient (Wildman–Crippen LogP) is 3.22. The number of carbonyl (C=O) groups is 2. The average Bonchev–Trinajstić information content (AvgIpc) is 3.02. The van der Waals surface area contributed by atoms with E-state index in [1.54, 1.807) is 0 Å². The number of ether oxygens (including phenoxy) is 2. The van der Waals surface area contributed by atoms with Gasteiger partial charge in [0.25, 0.3) is 0 Å². The Labute approximate surface area is 141 Å². The number of rotatable bonds is 4. The summed E-state index contributed by atoms with van der Waals surface area (Å²) in [6.45, 7) is 3.71. The monoisotopic (exact) mass is 326 g/mol. The van der Waals surface area contributed by atoms with Crippen LogP contribution in [0.5, 0.6) is 0 Å². The molecule has 24 heavy (non-hydrogen) atoms. The van der Waals surface area contributed by atoms with Crippen molar-refractivity contribution in [1.82, 2.24) is 0 Å². The van der Waals surface area contributed by atoms with Crippen LogP contribution in [0.4, 0.5) is 0 Å². The third-order valence-electron chi connectivity index (χ3n) is 5.80. The van der Waals surface area contributed by atoms with E-state index in [2.05, 4.69) is 12.1 Å². The molecule has 0 spiro atoms. The van der Waals surface area contributed by atoms with Crippen LogP contribution < -0.4 is 0 Å². The van der Waals surface area contributed by atoms with Crippen LogP contribution in [-0.4, -0.2) is 24.6 Å². The maximum atomic E-state index is 12.5. The number of hydrogen-bond acceptors (Lipinski definition) is 4. The normalized spacial score (nSPS) is 33.0. The van der Waals surface area contributed by atoms with Crippen molar-refractivity contribution in [3.05, 3.63) is 41.5 Å². The average molecular weight is 326 g/mol. The van der Waals surface area contributed by atoms with Crippen LogP contribution >= 0.6 is 0 Å². The molecule has 1 aromatic carbocycles. The highest BCUT2D eigenvalue weighted by molar-refractivity contribution is 6.03. The lowest BCUT2D eigenvalue weighted by Crippen LogP contribution is -2.44. The Kier molecular flexibility index (Phi) is 3.70. The molecule has 2 fully saturated rings. The summed E-state index contributed by atoms with van der Waals surface area (Å²) in [6, 6.07) is 10.1. The Morgan fingerprint density at radius 2 is 1.88 bits per heavy atom. The molecule has 0 saturated heterocycles. The second-order valence-electron chi connectivity index (χ2n) is 7.01. The van der Waals surface area contributed by atoms with Crippen molar-refractivity contribution in [2.75, 3.05) is 6.61 Å². The molecule has 0 N–H and O–H groups in total. The molecular formula is C20H22O4. The minimum absolute atomic E-state index is 0.00351. The molecule has 0 aromatic heterocycles. The van der Waals surface area contributed by atoms with Crippen molar-refractivity contribution in [1.29, 1.82) is 0 Å². The lowest BCUT2D eigenvalue weighted by molar-refractivity contribution is -0.151. The lowest BCUT2D eigenvalue weighted by Gasteiger charge is -2.46. The third kappa shape index (κ3) is 2.20. The fourth-order valence-corrected chi connectivity index (χ4v) is 5.14. The number of hydrogen-bond donors (Lipinski definition) is 0. The molecule has 1 aromatic rings. The first-order valence-corrected chi connectivity index (χ1v) is 8.75. The molecule has 0 amide bonds. The Hall–Kier alpha value is -2.10. The fourth-order valence-electron chi connectivity index (χ4n) is 5.14. The summed E-state index contributed by atoms with van der Waals surface area (Å²) in [4.78, 5) is 23.9. The predicted molar refractivity (Wildman–Crippen MR) is 88.7 cm³/mol. The van der Waals surface area contributed by atoms with Gasteiger partial charge in [0.15, 0.2) is 0 Å². The summed E-state index contributed by atoms with van der Waals surface area (Å²) in [5, 5.41) is 0. The summed E-state index contributed by atoms with van der Waals surface area (Å²) in [5.74, 6) is 0.966. The summed E-state index contributed by atoms with van der Waals surface area (Å²) < 4.78 is 10.9. The summed E-state index contributed by atoms with van der Waals surface area (Å²) in [6.07, 6.45) is 1.90. The van der Waals surface area contributed by atoms with Gasteiger partial charge in [0.2, 0.25) is 0 Å². The standard InChI is InChI=1S/C20H22O4/c1-3-23-20(22)19-16(12-7-5-4-6-8-12)18-14-9-13(17(18)19)10-15(14)24-11(2)21/h4-8,13-15,17-18H,3,9-10H2,1-2H3/t13-,14+,15+,17-,18-/m1/s1. The first kappa shape index (κ1) is 15.4. The summed E-state index contributed by atoms with van der Waals surface area (Å²) >= 11 is 0. The lowest BCUT2D eigenvalue weighted by atomic mass is 9.59. The minimum atomic E-state index is -0.209. The number of allylic oxidation sites excluding steroid dienone is 1. The molecule has 0 unspecified atom stereocenters. The molecule has 3 aliphatic carbocycles. The molecule has 4 rings (SSSR count). The Bertz CT molecular complexity index is 706. The minimum Gasteiger partial charge on any atom is -0.463 e. The van der Waals surface area contributed by atoms with E-state index < -0.39 is 0 Å². The van der Waals surface area contributed by atoms with Gasteiger partial charge in [0.1, 0.15) is 6.10 Å². The van der Waals surface area contributed by atoms with E-state index in [1.807, 2.05) is 25.1 Å². The van der Waals surface area contributed by atoms with Crippen molar-refractivity contribution in [3.8, 4) is 0 Å². The van der Waals surface area contributed by atoms with E-state index in [9.17, 15) is 9.59 Å². The smallest absolute Gasteiger partial charge is 0.334 e. The van der Waals surface area contributed by atoms with Gasteiger partial charge in [-0.15, -0.1) is 0 Å². The molecule has 5 atom stereocenters. The van der Waals surface area contributed by atoms with Crippen molar-refractivity contribution < 1.29 is 19.1 Å². The van der Waals surface area contributed by atoms with Gasteiger partial charge in [-0.05, 0) is 42.7 Å². The first-order chi connectivity index (χ1) is 11.6. The van der Waals surface area contributed by atoms with Crippen LogP contribution in [0, 0.1) is 23.7 Å². The van der Waals surface area contributed by atoms with Gasteiger partial charge in [0, 0.05) is 24.3 Å². The topological polar surface area (TPSA) is 52.6 Å². The van der Waals surface area contributed by atoms with Gasteiger partial charge in [0.05, 0.1) is 6.61 Å². The van der Waals surface area contributed by atoms with E-state index in [4.69, 9.17) is 9.47 Å². The molecule has 3 aliphatic rings. The zero-order chi connectivity index (χ0) is 16.8. The van der Waals surface area contributed by atoms with Gasteiger partial charge < -0.3 is 9.47 Å². The van der Waals surface area contributed by atoms with Crippen molar-refractivity contribution >= 4 is 17.5 Å². The first-order valence-electron chi connectivity index (χ1n) is 8.75. The molecule has 2 saturated carbocycles. The van der Waals surface area contributed by atoms with E-state index in [0.29, 0.717) is 24.4 Å². The largest absolute Gasteiger partial charge is 0.463 e. The zero-order valence-electron chi connectivity index (χ0n) is 14.0. The van der Waals surface area contributed by atoms with Crippen molar-refractivity contribution in [3.63, 3.8) is 0 Å². The molecule has 2 bridgehead atoms. The fraction of sp³-hybridized carbons (Fsp3) is 0.500. The third-order valence-corrected chi connectivity index (χ3v) is 5.80. The highest BCUT2D eigenvalue weighted by atomic mass is 16.5.